The van der Waals surface area contributed by atoms with Crippen LogP contribution in [-0.2, 0) is 0 Å². The Bertz CT molecular complexity index is 1260. The van der Waals surface area contributed by atoms with Crippen molar-refractivity contribution in [2.75, 3.05) is 0 Å². The van der Waals surface area contributed by atoms with E-state index in [2.05, 4.69) is 74.5 Å². The minimum Gasteiger partial charge on any atom is -0.0661 e. The molecule has 0 radical (unpaired) electrons. The monoisotopic (exact) mass is 334 g/mol. The average Bonchev–Trinajstić information content (AvgIpc) is 3.46. The van der Waals surface area contributed by atoms with E-state index in [0.29, 0.717) is 0 Å². The highest BCUT2D eigenvalue weighted by Crippen LogP contribution is 2.58. The number of hydrogen-bond donors (Lipinski definition) is 0. The number of allylic oxidation sites excluding steroid dienone is 1. The standard InChI is InChI=1S/C26H22/c1-3-16-12-25-21-7-6-18-11-19-10-15(2)4-5-17(19)13-23(18)20(21)8-9-22(25)26-14-24(16)26/h4-13,24,26H,3,14H2,1-2H3. The molecule has 1 fully saturated rings. The highest BCUT2D eigenvalue weighted by Gasteiger charge is 2.43. The maximum absolute atomic E-state index is 2.50. The average molecular weight is 334 g/mol. The van der Waals surface area contributed by atoms with Crippen LogP contribution in [0.15, 0.2) is 60.2 Å². The molecule has 26 heavy (non-hydrogen) atoms. The molecule has 1 saturated carbocycles. The maximum atomic E-state index is 2.50. The Labute approximate surface area is 154 Å². The van der Waals surface area contributed by atoms with Gasteiger partial charge in [-0.2, -0.15) is 0 Å². The zero-order valence-electron chi connectivity index (χ0n) is 15.3. The largest absolute Gasteiger partial charge is 0.0661 e. The van der Waals surface area contributed by atoms with Crippen molar-refractivity contribution in [2.45, 2.75) is 32.6 Å². The summed E-state index contributed by atoms with van der Waals surface area (Å²) < 4.78 is 0. The molecule has 0 bridgehead atoms. The summed E-state index contributed by atoms with van der Waals surface area (Å²) in [5.41, 5.74) is 6.05. The highest BCUT2D eigenvalue weighted by molar-refractivity contribution is 6.14. The number of hydrogen-bond acceptors (Lipinski definition) is 0. The van der Waals surface area contributed by atoms with Crippen LogP contribution in [0.4, 0.5) is 0 Å². The van der Waals surface area contributed by atoms with Gasteiger partial charge in [0, 0.05) is 0 Å². The van der Waals surface area contributed by atoms with E-state index in [9.17, 15) is 0 Å². The van der Waals surface area contributed by atoms with Crippen LogP contribution in [0.5, 0.6) is 0 Å². The zero-order chi connectivity index (χ0) is 17.4. The van der Waals surface area contributed by atoms with Gasteiger partial charge in [-0.3, -0.25) is 0 Å². The van der Waals surface area contributed by atoms with Crippen LogP contribution in [0, 0.1) is 12.8 Å². The first kappa shape index (κ1) is 14.6. The molecule has 0 saturated heterocycles. The Morgan fingerprint density at radius 2 is 1.62 bits per heavy atom. The van der Waals surface area contributed by atoms with Crippen molar-refractivity contribution < 1.29 is 0 Å². The molecule has 6 rings (SSSR count). The Morgan fingerprint density at radius 1 is 0.769 bits per heavy atom. The zero-order valence-corrected chi connectivity index (χ0v) is 15.3. The van der Waals surface area contributed by atoms with Gasteiger partial charge in [0.05, 0.1) is 0 Å². The fourth-order valence-corrected chi connectivity index (χ4v) is 5.14. The van der Waals surface area contributed by atoms with E-state index >= 15 is 0 Å². The normalized spacial score (nSPS) is 20.9. The summed E-state index contributed by atoms with van der Waals surface area (Å²) in [6.45, 7) is 4.47. The predicted molar refractivity (Wildman–Crippen MR) is 113 cm³/mol. The summed E-state index contributed by atoms with van der Waals surface area (Å²) in [6, 6.07) is 20.9. The molecular formula is C26H22. The summed E-state index contributed by atoms with van der Waals surface area (Å²) in [4.78, 5) is 0. The Hall–Kier alpha value is -2.60. The predicted octanol–water partition coefficient (Wildman–Crippen LogP) is 7.37. The maximum Gasteiger partial charge on any atom is -0.00839 e. The lowest BCUT2D eigenvalue weighted by Gasteiger charge is -2.18. The van der Waals surface area contributed by atoms with Gasteiger partial charge >= 0.3 is 0 Å². The molecule has 0 amide bonds. The molecule has 0 aromatic heterocycles. The molecule has 0 heterocycles. The van der Waals surface area contributed by atoms with E-state index in [4.69, 9.17) is 0 Å². The molecule has 2 atom stereocenters. The van der Waals surface area contributed by atoms with Gasteiger partial charge in [-0.05, 0) is 87.2 Å². The van der Waals surface area contributed by atoms with Crippen molar-refractivity contribution in [3.8, 4) is 0 Å². The second-order valence-electron chi connectivity index (χ2n) is 8.17. The quantitative estimate of drug-likeness (QED) is 0.252. The molecule has 2 aliphatic rings. The third kappa shape index (κ3) is 1.90. The van der Waals surface area contributed by atoms with E-state index in [1.54, 1.807) is 11.1 Å². The molecular weight excluding hydrogens is 312 g/mol. The second kappa shape index (κ2) is 4.98. The summed E-state index contributed by atoms with van der Waals surface area (Å²) in [5.74, 6) is 1.61. The van der Waals surface area contributed by atoms with Gasteiger partial charge in [0.2, 0.25) is 0 Å². The summed E-state index contributed by atoms with van der Waals surface area (Å²) >= 11 is 0. The molecule has 0 spiro atoms. The van der Waals surface area contributed by atoms with E-state index < -0.39 is 0 Å². The van der Waals surface area contributed by atoms with E-state index in [1.807, 2.05) is 0 Å². The van der Waals surface area contributed by atoms with Gasteiger partial charge in [0.15, 0.2) is 0 Å². The summed E-state index contributed by atoms with van der Waals surface area (Å²) in [7, 11) is 0. The fraction of sp³-hybridized carbons (Fsp3) is 0.231. The third-order valence-electron chi connectivity index (χ3n) is 6.61. The molecule has 0 heteroatoms. The molecule has 2 unspecified atom stereocenters. The summed E-state index contributed by atoms with van der Waals surface area (Å²) in [6.07, 6.45) is 5.05. The molecule has 4 aromatic carbocycles. The van der Waals surface area contributed by atoms with Crippen LogP contribution in [-0.4, -0.2) is 0 Å². The lowest BCUT2D eigenvalue weighted by molar-refractivity contribution is 0.870. The van der Waals surface area contributed by atoms with Crippen molar-refractivity contribution in [2.24, 2.45) is 5.92 Å². The number of benzene rings is 4. The highest BCUT2D eigenvalue weighted by atomic mass is 14.5. The van der Waals surface area contributed by atoms with E-state index in [-0.39, 0.29) is 0 Å². The topological polar surface area (TPSA) is 0 Å². The Kier molecular flexibility index (Phi) is 2.79. The van der Waals surface area contributed by atoms with Crippen LogP contribution in [0.3, 0.4) is 0 Å². The van der Waals surface area contributed by atoms with Crippen molar-refractivity contribution in [3.05, 3.63) is 76.9 Å². The molecule has 0 aliphatic heterocycles. The van der Waals surface area contributed by atoms with Crippen molar-refractivity contribution in [1.29, 1.82) is 0 Å². The second-order valence-corrected chi connectivity index (χ2v) is 8.17. The third-order valence-corrected chi connectivity index (χ3v) is 6.61. The molecule has 126 valence electrons. The lowest BCUT2D eigenvalue weighted by atomic mass is 9.86. The van der Waals surface area contributed by atoms with E-state index in [0.717, 1.165) is 11.8 Å². The van der Waals surface area contributed by atoms with Gasteiger partial charge in [0.25, 0.3) is 0 Å². The first-order valence-electron chi connectivity index (χ1n) is 9.83. The van der Waals surface area contributed by atoms with Gasteiger partial charge in [-0.1, -0.05) is 66.6 Å². The molecule has 4 aromatic rings. The minimum absolute atomic E-state index is 0.782. The van der Waals surface area contributed by atoms with Gasteiger partial charge in [0.1, 0.15) is 0 Å². The van der Waals surface area contributed by atoms with E-state index in [1.165, 1.54) is 56.3 Å². The lowest BCUT2D eigenvalue weighted by Crippen LogP contribution is -1.99. The number of rotatable bonds is 1. The molecule has 2 aliphatic carbocycles. The van der Waals surface area contributed by atoms with Crippen LogP contribution < -0.4 is 0 Å². The SMILES string of the molecule is CCC1=Cc2c(ccc3c2ccc2cc4cc(C)ccc4cc23)C2CC12. The summed E-state index contributed by atoms with van der Waals surface area (Å²) in [5, 5.41) is 8.22. The van der Waals surface area contributed by atoms with Gasteiger partial charge < -0.3 is 0 Å². The smallest absolute Gasteiger partial charge is 0.00839 e. The van der Waals surface area contributed by atoms with Crippen molar-refractivity contribution in [3.63, 3.8) is 0 Å². The van der Waals surface area contributed by atoms with Crippen LogP contribution in [0.25, 0.3) is 38.4 Å². The fourth-order valence-electron chi connectivity index (χ4n) is 5.14. The van der Waals surface area contributed by atoms with Gasteiger partial charge in [-0.15, -0.1) is 0 Å². The molecule has 0 N–H and O–H groups in total. The number of aryl methyl sites for hydroxylation is 1. The van der Waals surface area contributed by atoms with Crippen molar-refractivity contribution in [1.82, 2.24) is 0 Å². The van der Waals surface area contributed by atoms with Crippen molar-refractivity contribution >= 4 is 38.4 Å². The number of fused-ring (bicyclic) bond motifs is 8. The Balaban J connectivity index is 1.70. The Morgan fingerprint density at radius 3 is 2.50 bits per heavy atom. The van der Waals surface area contributed by atoms with Crippen LogP contribution in [0.1, 0.15) is 42.4 Å². The van der Waals surface area contributed by atoms with Gasteiger partial charge in [-0.25, -0.2) is 0 Å². The first-order valence-corrected chi connectivity index (χ1v) is 9.83. The van der Waals surface area contributed by atoms with Crippen LogP contribution >= 0.6 is 0 Å². The first-order chi connectivity index (χ1) is 12.7. The molecule has 0 nitrogen and oxygen atoms in total. The minimum atomic E-state index is 0.782. The van der Waals surface area contributed by atoms with Crippen LogP contribution in [0.2, 0.25) is 0 Å².